The third-order valence-corrected chi connectivity index (χ3v) is 3.48. The summed E-state index contributed by atoms with van der Waals surface area (Å²) in [6, 6.07) is 7.24. The predicted octanol–water partition coefficient (Wildman–Crippen LogP) is 4.03. The van der Waals surface area contributed by atoms with E-state index in [2.05, 4.69) is 4.98 Å². The van der Waals surface area contributed by atoms with Gasteiger partial charge in [0.1, 0.15) is 0 Å². The van der Waals surface area contributed by atoms with Crippen LogP contribution in [-0.4, -0.2) is 16.1 Å². The minimum atomic E-state index is -0.855. The molecule has 0 saturated heterocycles. The van der Waals surface area contributed by atoms with Gasteiger partial charge in [-0.25, -0.2) is 0 Å². The van der Waals surface area contributed by atoms with E-state index in [1.165, 1.54) is 0 Å². The number of alkyl halides is 1. The van der Waals surface area contributed by atoms with Crippen LogP contribution in [0.15, 0.2) is 30.5 Å². The molecule has 0 saturated carbocycles. The van der Waals surface area contributed by atoms with E-state index >= 15 is 0 Å². The number of halogens is 2. The molecule has 0 aliphatic heterocycles. The number of hydrogen-bond donors (Lipinski definition) is 1. The van der Waals surface area contributed by atoms with Crippen molar-refractivity contribution in [3.63, 3.8) is 0 Å². The second-order valence-corrected chi connectivity index (χ2v) is 4.87. The topological polar surface area (TPSA) is 50.2 Å². The van der Waals surface area contributed by atoms with E-state index in [4.69, 9.17) is 28.3 Å². The van der Waals surface area contributed by atoms with Gasteiger partial charge in [-0.1, -0.05) is 17.7 Å². The number of fused-ring (bicyclic) bond motifs is 1. The van der Waals surface area contributed by atoms with E-state index in [0.29, 0.717) is 11.4 Å². The fourth-order valence-electron chi connectivity index (χ4n) is 1.82. The molecule has 3 nitrogen and oxygen atoms in total. The van der Waals surface area contributed by atoms with Crippen molar-refractivity contribution < 1.29 is 9.90 Å². The summed E-state index contributed by atoms with van der Waals surface area (Å²) in [5.41, 5.74) is 1.55. The van der Waals surface area contributed by atoms with Crippen LogP contribution in [-0.2, 0) is 4.79 Å². The van der Waals surface area contributed by atoms with Crippen molar-refractivity contribution in [1.82, 2.24) is 4.98 Å². The lowest BCUT2D eigenvalue weighted by Crippen LogP contribution is -1.99. The summed E-state index contributed by atoms with van der Waals surface area (Å²) in [5.74, 6) is -0.855. The lowest BCUT2D eigenvalue weighted by atomic mass is 10.0. The van der Waals surface area contributed by atoms with Crippen LogP contribution in [0.5, 0.6) is 0 Å². The first-order valence-electron chi connectivity index (χ1n) is 5.48. The molecule has 1 N–H and O–H groups in total. The van der Waals surface area contributed by atoms with Gasteiger partial charge in [0.05, 0.1) is 10.9 Å². The minimum Gasteiger partial charge on any atom is -0.481 e. The van der Waals surface area contributed by atoms with Crippen LogP contribution in [0.1, 0.15) is 23.8 Å². The van der Waals surface area contributed by atoms with Gasteiger partial charge in [0.25, 0.3) is 0 Å². The Morgan fingerprint density at radius 3 is 2.89 bits per heavy atom. The molecule has 1 heterocycles. The fraction of sp³-hybridized carbons (Fsp3) is 0.231. The molecule has 0 fully saturated rings. The molecular formula is C13H11Cl2NO2. The quantitative estimate of drug-likeness (QED) is 0.862. The Morgan fingerprint density at radius 1 is 1.39 bits per heavy atom. The van der Waals surface area contributed by atoms with E-state index < -0.39 is 5.97 Å². The third-order valence-electron chi connectivity index (χ3n) is 2.70. The van der Waals surface area contributed by atoms with Crippen LogP contribution in [0, 0.1) is 0 Å². The second kappa shape index (κ2) is 5.55. The van der Waals surface area contributed by atoms with E-state index in [-0.39, 0.29) is 11.8 Å². The molecule has 94 valence electrons. The Balaban J connectivity index is 2.39. The fourth-order valence-corrected chi connectivity index (χ4v) is 2.32. The van der Waals surface area contributed by atoms with Crippen LogP contribution in [0.2, 0.25) is 5.02 Å². The molecule has 1 aromatic carbocycles. The summed E-state index contributed by atoms with van der Waals surface area (Å²) in [6.45, 7) is 0. The molecule has 0 aliphatic rings. The number of hydrogen-bond acceptors (Lipinski definition) is 2. The van der Waals surface area contributed by atoms with Crippen molar-refractivity contribution in [3.05, 3.63) is 41.0 Å². The first-order chi connectivity index (χ1) is 8.59. The van der Waals surface area contributed by atoms with Crippen LogP contribution < -0.4 is 0 Å². The summed E-state index contributed by atoms with van der Waals surface area (Å²) in [7, 11) is 0. The largest absolute Gasteiger partial charge is 0.481 e. The Labute approximate surface area is 114 Å². The van der Waals surface area contributed by atoms with Crippen molar-refractivity contribution in [2.45, 2.75) is 18.2 Å². The van der Waals surface area contributed by atoms with Crippen LogP contribution in [0.3, 0.4) is 0 Å². The molecule has 2 aromatic rings. The van der Waals surface area contributed by atoms with E-state index in [0.717, 1.165) is 16.5 Å². The third kappa shape index (κ3) is 2.74. The standard InChI is InChI=1S/C13H11Cl2NO2/c14-10-4-3-9(11(15)5-6-12(17)18)13-8(10)2-1-7-16-13/h1-4,7,11H,5-6H2,(H,17,18). The smallest absolute Gasteiger partial charge is 0.303 e. The maximum Gasteiger partial charge on any atom is 0.303 e. The molecular weight excluding hydrogens is 273 g/mol. The average Bonchev–Trinajstić information content (AvgIpc) is 2.37. The molecule has 1 unspecified atom stereocenters. The summed E-state index contributed by atoms with van der Waals surface area (Å²) in [5, 5.41) is 9.74. The average molecular weight is 284 g/mol. The van der Waals surface area contributed by atoms with Gasteiger partial charge in [0, 0.05) is 23.0 Å². The molecule has 18 heavy (non-hydrogen) atoms. The number of aliphatic carboxylic acids is 1. The Hall–Kier alpha value is -1.32. The van der Waals surface area contributed by atoms with Crippen molar-refractivity contribution in [3.8, 4) is 0 Å². The van der Waals surface area contributed by atoms with Gasteiger partial charge < -0.3 is 5.11 Å². The van der Waals surface area contributed by atoms with Gasteiger partial charge in [-0.05, 0) is 30.2 Å². The van der Waals surface area contributed by atoms with Gasteiger partial charge in [0.2, 0.25) is 0 Å². The maximum atomic E-state index is 10.6. The lowest BCUT2D eigenvalue weighted by Gasteiger charge is -2.11. The molecule has 0 spiro atoms. The first kappa shape index (κ1) is 13.1. The number of rotatable bonds is 4. The molecule has 0 bridgehead atoms. The van der Waals surface area contributed by atoms with Crippen LogP contribution in [0.25, 0.3) is 10.9 Å². The van der Waals surface area contributed by atoms with Crippen molar-refractivity contribution in [1.29, 1.82) is 0 Å². The van der Waals surface area contributed by atoms with E-state index in [9.17, 15) is 4.79 Å². The van der Waals surface area contributed by atoms with Gasteiger partial charge in [-0.2, -0.15) is 0 Å². The number of carboxylic acids is 1. The molecule has 1 aromatic heterocycles. The van der Waals surface area contributed by atoms with E-state index in [1.54, 1.807) is 24.4 Å². The first-order valence-corrected chi connectivity index (χ1v) is 6.30. The predicted molar refractivity (Wildman–Crippen MR) is 72.2 cm³/mol. The number of aromatic nitrogens is 1. The maximum absolute atomic E-state index is 10.6. The number of benzene rings is 1. The summed E-state index contributed by atoms with van der Waals surface area (Å²) in [6.07, 6.45) is 2.07. The number of pyridine rings is 1. The van der Waals surface area contributed by atoms with Crippen molar-refractivity contribution >= 4 is 40.1 Å². The summed E-state index contributed by atoms with van der Waals surface area (Å²) < 4.78 is 0. The molecule has 5 heteroatoms. The molecule has 2 rings (SSSR count). The number of carboxylic acid groups (broad SMARTS) is 1. The zero-order chi connectivity index (χ0) is 13.1. The normalized spacial score (nSPS) is 12.6. The van der Waals surface area contributed by atoms with Crippen molar-refractivity contribution in [2.75, 3.05) is 0 Å². The van der Waals surface area contributed by atoms with Gasteiger partial charge >= 0.3 is 5.97 Å². The van der Waals surface area contributed by atoms with E-state index in [1.807, 2.05) is 6.07 Å². The van der Waals surface area contributed by atoms with Crippen LogP contribution >= 0.6 is 23.2 Å². The monoisotopic (exact) mass is 283 g/mol. The summed E-state index contributed by atoms with van der Waals surface area (Å²) >= 11 is 12.3. The van der Waals surface area contributed by atoms with Crippen LogP contribution in [0.4, 0.5) is 0 Å². The Morgan fingerprint density at radius 2 is 2.17 bits per heavy atom. The zero-order valence-corrected chi connectivity index (χ0v) is 10.9. The Bertz CT molecular complexity index is 586. The molecule has 0 aliphatic carbocycles. The zero-order valence-electron chi connectivity index (χ0n) is 9.44. The highest BCUT2D eigenvalue weighted by Crippen LogP contribution is 2.33. The van der Waals surface area contributed by atoms with Gasteiger partial charge in [-0.15, -0.1) is 11.6 Å². The second-order valence-electron chi connectivity index (χ2n) is 3.94. The molecule has 1 atom stereocenters. The Kier molecular flexibility index (Phi) is 4.04. The number of nitrogens with zero attached hydrogens (tertiary/aromatic N) is 1. The molecule has 0 radical (unpaired) electrons. The highest BCUT2D eigenvalue weighted by Gasteiger charge is 2.15. The number of carbonyl (C=O) groups is 1. The lowest BCUT2D eigenvalue weighted by molar-refractivity contribution is -0.137. The molecule has 0 amide bonds. The highest BCUT2D eigenvalue weighted by molar-refractivity contribution is 6.35. The van der Waals surface area contributed by atoms with Gasteiger partial charge in [-0.3, -0.25) is 9.78 Å². The van der Waals surface area contributed by atoms with Gasteiger partial charge in [0.15, 0.2) is 0 Å². The minimum absolute atomic E-state index is 0.0329. The summed E-state index contributed by atoms with van der Waals surface area (Å²) in [4.78, 5) is 14.8. The SMILES string of the molecule is O=C(O)CCC(Cl)c1ccc(Cl)c2cccnc12. The van der Waals surface area contributed by atoms with Crippen molar-refractivity contribution in [2.24, 2.45) is 0 Å². The highest BCUT2D eigenvalue weighted by atomic mass is 35.5.